The van der Waals surface area contributed by atoms with Gasteiger partial charge in [-0.15, -0.1) is 0 Å². The van der Waals surface area contributed by atoms with E-state index < -0.39 is 0 Å². The van der Waals surface area contributed by atoms with E-state index in [0.29, 0.717) is 6.04 Å². The average molecular weight is 206 g/mol. The molecule has 4 nitrogen and oxygen atoms in total. The highest BCUT2D eigenvalue weighted by atomic mass is 16.6. The number of hydrogen-bond donors (Lipinski definition) is 1. The number of benzene rings is 1. The fourth-order valence-electron chi connectivity index (χ4n) is 2.19. The molecule has 1 heterocycles. The second kappa shape index (κ2) is 3.62. The lowest BCUT2D eigenvalue weighted by Gasteiger charge is -2.28. The minimum absolute atomic E-state index is 0.178. The average Bonchev–Trinajstić information content (AvgIpc) is 2.16. The van der Waals surface area contributed by atoms with Crippen LogP contribution >= 0.6 is 0 Å². The second-order valence-corrected chi connectivity index (χ2v) is 4.13. The predicted molar refractivity (Wildman–Crippen MR) is 57.8 cm³/mol. The summed E-state index contributed by atoms with van der Waals surface area (Å²) in [7, 11) is 0. The molecule has 1 aliphatic heterocycles. The van der Waals surface area contributed by atoms with Crippen molar-refractivity contribution < 1.29 is 4.92 Å². The Morgan fingerprint density at radius 2 is 2.20 bits per heavy atom. The molecule has 4 heteroatoms. The van der Waals surface area contributed by atoms with Crippen LogP contribution in [0, 0.1) is 10.1 Å². The zero-order chi connectivity index (χ0) is 11.0. The Balaban J connectivity index is 2.43. The molecule has 0 aliphatic carbocycles. The zero-order valence-electron chi connectivity index (χ0n) is 8.86. The summed E-state index contributed by atoms with van der Waals surface area (Å²) in [6.45, 7) is 4.17. The first kappa shape index (κ1) is 10.1. The molecule has 0 saturated carbocycles. The first-order chi connectivity index (χ1) is 7.08. The van der Waals surface area contributed by atoms with Crippen LogP contribution in [0.2, 0.25) is 0 Å². The molecule has 1 aliphatic rings. The van der Waals surface area contributed by atoms with E-state index in [9.17, 15) is 10.1 Å². The van der Waals surface area contributed by atoms with Crippen LogP contribution in [0.25, 0.3) is 0 Å². The van der Waals surface area contributed by atoms with Gasteiger partial charge < -0.3 is 5.32 Å². The van der Waals surface area contributed by atoms with E-state index in [1.54, 1.807) is 12.1 Å². The lowest BCUT2D eigenvalue weighted by molar-refractivity contribution is -0.385. The predicted octanol–water partition coefficient (Wildman–Crippen LogP) is 2.19. The molecule has 0 spiro atoms. The molecule has 0 radical (unpaired) electrons. The van der Waals surface area contributed by atoms with Crippen molar-refractivity contribution in [1.82, 2.24) is 5.32 Å². The van der Waals surface area contributed by atoms with Crippen molar-refractivity contribution in [3.63, 3.8) is 0 Å². The summed E-state index contributed by atoms with van der Waals surface area (Å²) in [4.78, 5) is 10.3. The van der Waals surface area contributed by atoms with Crippen molar-refractivity contribution in [3.8, 4) is 0 Å². The fourth-order valence-corrected chi connectivity index (χ4v) is 2.19. The maximum absolute atomic E-state index is 10.6. The van der Waals surface area contributed by atoms with E-state index in [1.807, 2.05) is 13.0 Å². The van der Waals surface area contributed by atoms with E-state index in [1.165, 1.54) is 5.56 Å². The Morgan fingerprint density at radius 3 is 2.87 bits per heavy atom. The molecule has 0 bridgehead atoms. The van der Waals surface area contributed by atoms with Gasteiger partial charge in [0.25, 0.3) is 5.69 Å². The number of nitrogens with one attached hydrogen (secondary N) is 1. The van der Waals surface area contributed by atoms with Crippen molar-refractivity contribution in [2.45, 2.75) is 32.4 Å². The molecule has 0 fully saturated rings. The molecular weight excluding hydrogens is 192 g/mol. The van der Waals surface area contributed by atoms with Crippen LogP contribution in [0.15, 0.2) is 18.2 Å². The molecule has 2 rings (SSSR count). The Hall–Kier alpha value is -1.42. The summed E-state index contributed by atoms with van der Waals surface area (Å²) in [5.41, 5.74) is 2.46. The van der Waals surface area contributed by atoms with Gasteiger partial charge in [0.15, 0.2) is 0 Å². The number of nitro benzene ring substituents is 1. The van der Waals surface area contributed by atoms with E-state index in [2.05, 4.69) is 12.2 Å². The summed E-state index contributed by atoms with van der Waals surface area (Å²) in [6.07, 6.45) is 0.942. The van der Waals surface area contributed by atoms with Gasteiger partial charge in [-0.1, -0.05) is 6.07 Å². The number of non-ortho nitro benzene ring substituents is 1. The zero-order valence-corrected chi connectivity index (χ0v) is 8.86. The monoisotopic (exact) mass is 206 g/mol. The summed E-state index contributed by atoms with van der Waals surface area (Å²) in [5.74, 6) is 0. The molecule has 0 saturated heterocycles. The molecule has 1 N–H and O–H groups in total. The van der Waals surface area contributed by atoms with Crippen molar-refractivity contribution in [3.05, 3.63) is 39.4 Å². The normalized spacial score (nSPS) is 24.7. The molecule has 0 aromatic heterocycles. The minimum atomic E-state index is -0.342. The molecule has 1 aromatic carbocycles. The molecule has 2 atom stereocenters. The van der Waals surface area contributed by atoms with Crippen molar-refractivity contribution in [2.75, 3.05) is 0 Å². The number of fused-ring (bicyclic) bond motifs is 1. The van der Waals surface area contributed by atoms with Gasteiger partial charge in [0, 0.05) is 24.2 Å². The van der Waals surface area contributed by atoms with Crippen molar-refractivity contribution in [2.24, 2.45) is 0 Å². The third-order valence-corrected chi connectivity index (χ3v) is 2.87. The lowest BCUT2D eigenvalue weighted by Crippen LogP contribution is -2.35. The molecule has 80 valence electrons. The summed E-state index contributed by atoms with van der Waals surface area (Å²) in [5, 5.41) is 14.0. The Labute approximate surface area is 88.5 Å². The van der Waals surface area contributed by atoms with Gasteiger partial charge in [0.1, 0.15) is 0 Å². The van der Waals surface area contributed by atoms with Gasteiger partial charge in [-0.2, -0.15) is 0 Å². The van der Waals surface area contributed by atoms with E-state index >= 15 is 0 Å². The SMILES string of the molecule is C[C@@H]1Cc2ccc([N+](=O)[O-])cc2[C@@H](C)N1. The summed E-state index contributed by atoms with van der Waals surface area (Å²) >= 11 is 0. The first-order valence-corrected chi connectivity index (χ1v) is 5.11. The van der Waals surface area contributed by atoms with E-state index in [4.69, 9.17) is 0 Å². The van der Waals surface area contributed by atoms with E-state index in [0.717, 1.165) is 12.0 Å². The van der Waals surface area contributed by atoms with E-state index in [-0.39, 0.29) is 16.7 Å². The molecule has 0 unspecified atom stereocenters. The van der Waals surface area contributed by atoms with Crippen LogP contribution in [0.3, 0.4) is 0 Å². The Bertz CT molecular complexity index is 404. The largest absolute Gasteiger partial charge is 0.307 e. The van der Waals surface area contributed by atoms with Gasteiger partial charge in [0.2, 0.25) is 0 Å². The van der Waals surface area contributed by atoms with Crippen molar-refractivity contribution in [1.29, 1.82) is 0 Å². The summed E-state index contributed by atoms with van der Waals surface area (Å²) < 4.78 is 0. The van der Waals surface area contributed by atoms with Gasteiger partial charge in [0.05, 0.1) is 4.92 Å². The molecule has 0 amide bonds. The number of rotatable bonds is 1. The minimum Gasteiger partial charge on any atom is -0.307 e. The Morgan fingerprint density at radius 1 is 1.47 bits per heavy atom. The Kier molecular flexibility index (Phi) is 2.44. The van der Waals surface area contributed by atoms with Gasteiger partial charge in [-0.25, -0.2) is 0 Å². The van der Waals surface area contributed by atoms with Crippen LogP contribution < -0.4 is 5.32 Å². The maximum atomic E-state index is 10.6. The second-order valence-electron chi connectivity index (χ2n) is 4.13. The van der Waals surface area contributed by atoms with Gasteiger partial charge in [-0.05, 0) is 31.4 Å². The smallest absolute Gasteiger partial charge is 0.269 e. The number of nitrogens with zero attached hydrogens (tertiary/aromatic N) is 1. The standard InChI is InChI=1S/C11H14N2O2/c1-7-5-9-3-4-10(13(14)15)6-11(9)8(2)12-7/h3-4,6-8,12H,5H2,1-2H3/t7-,8-/m1/s1. The van der Waals surface area contributed by atoms with Crippen LogP contribution in [-0.4, -0.2) is 11.0 Å². The van der Waals surface area contributed by atoms with Crippen LogP contribution in [0.1, 0.15) is 31.0 Å². The van der Waals surface area contributed by atoms with Crippen molar-refractivity contribution >= 4 is 5.69 Å². The fraction of sp³-hybridized carbons (Fsp3) is 0.455. The topological polar surface area (TPSA) is 55.2 Å². The summed E-state index contributed by atoms with van der Waals surface area (Å²) in [6, 6.07) is 5.78. The third kappa shape index (κ3) is 1.85. The quantitative estimate of drug-likeness (QED) is 0.566. The maximum Gasteiger partial charge on any atom is 0.269 e. The van der Waals surface area contributed by atoms with Gasteiger partial charge in [-0.3, -0.25) is 10.1 Å². The lowest BCUT2D eigenvalue weighted by atomic mass is 9.91. The highest BCUT2D eigenvalue weighted by molar-refractivity contribution is 5.42. The van der Waals surface area contributed by atoms with Gasteiger partial charge >= 0.3 is 0 Å². The van der Waals surface area contributed by atoms with Crippen LogP contribution in [0.5, 0.6) is 0 Å². The number of nitro groups is 1. The van der Waals surface area contributed by atoms with Crippen LogP contribution in [-0.2, 0) is 6.42 Å². The van der Waals surface area contributed by atoms with Crippen LogP contribution in [0.4, 0.5) is 5.69 Å². The number of hydrogen-bond acceptors (Lipinski definition) is 3. The third-order valence-electron chi connectivity index (χ3n) is 2.87. The molecule has 1 aromatic rings. The molecular formula is C11H14N2O2. The molecule has 15 heavy (non-hydrogen) atoms. The highest BCUT2D eigenvalue weighted by Gasteiger charge is 2.22. The first-order valence-electron chi connectivity index (χ1n) is 5.11. The highest BCUT2D eigenvalue weighted by Crippen LogP contribution is 2.28.